The number of rotatable bonds is 5. The normalized spacial score (nSPS) is 11.1. The quantitative estimate of drug-likeness (QED) is 0.706. The predicted octanol–water partition coefficient (Wildman–Crippen LogP) is 4.17. The Labute approximate surface area is 153 Å². The van der Waals surface area contributed by atoms with E-state index in [1.54, 1.807) is 30.6 Å². The van der Waals surface area contributed by atoms with Gasteiger partial charge in [0.1, 0.15) is 5.82 Å². The summed E-state index contributed by atoms with van der Waals surface area (Å²) in [7, 11) is 0. The van der Waals surface area contributed by atoms with Gasteiger partial charge < -0.3 is 10.6 Å². The van der Waals surface area contributed by atoms with Crippen molar-refractivity contribution < 1.29 is 18.0 Å². The molecule has 5 nitrogen and oxygen atoms in total. The molecule has 2 N–H and O–H groups in total. The molecular weight excluding hydrogens is 357 g/mol. The van der Waals surface area contributed by atoms with Gasteiger partial charge >= 0.3 is 6.18 Å². The Balaban J connectivity index is 1.62. The second-order valence-electron chi connectivity index (χ2n) is 5.67. The number of nitrogens with zero attached hydrogens (tertiary/aromatic N) is 2. The van der Waals surface area contributed by atoms with Gasteiger partial charge in [0.05, 0.1) is 11.1 Å². The number of amides is 1. The van der Waals surface area contributed by atoms with Crippen molar-refractivity contribution in [1.29, 1.82) is 0 Å². The first-order valence-electron chi connectivity index (χ1n) is 7.99. The molecule has 138 valence electrons. The van der Waals surface area contributed by atoms with Crippen LogP contribution in [0.25, 0.3) is 0 Å². The maximum Gasteiger partial charge on any atom is 0.416 e. The van der Waals surface area contributed by atoms with Gasteiger partial charge in [0, 0.05) is 30.8 Å². The van der Waals surface area contributed by atoms with E-state index < -0.39 is 11.7 Å². The summed E-state index contributed by atoms with van der Waals surface area (Å²) >= 11 is 0. The van der Waals surface area contributed by atoms with Crippen molar-refractivity contribution in [3.05, 3.63) is 83.8 Å². The number of hydrogen-bond acceptors (Lipinski definition) is 4. The fraction of sp³-hybridized carbons (Fsp3) is 0.105. The van der Waals surface area contributed by atoms with Crippen LogP contribution >= 0.6 is 0 Å². The minimum Gasteiger partial charge on any atom is -0.348 e. The average molecular weight is 372 g/mol. The van der Waals surface area contributed by atoms with Crippen LogP contribution in [0.3, 0.4) is 0 Å². The molecule has 0 aliphatic carbocycles. The van der Waals surface area contributed by atoms with Crippen LogP contribution in [0, 0.1) is 0 Å². The lowest BCUT2D eigenvalue weighted by Gasteiger charge is -2.10. The number of carbonyl (C=O) groups excluding carboxylic acids is 1. The third kappa shape index (κ3) is 5.04. The third-order valence-electron chi connectivity index (χ3n) is 3.69. The number of hydrogen-bond donors (Lipinski definition) is 2. The van der Waals surface area contributed by atoms with Gasteiger partial charge in [-0.15, -0.1) is 0 Å². The number of alkyl halides is 3. The smallest absolute Gasteiger partial charge is 0.348 e. The van der Waals surface area contributed by atoms with Crippen molar-refractivity contribution in [2.75, 3.05) is 5.32 Å². The maximum atomic E-state index is 12.8. The summed E-state index contributed by atoms with van der Waals surface area (Å²) < 4.78 is 38.3. The molecule has 0 radical (unpaired) electrons. The molecule has 2 aromatic heterocycles. The highest BCUT2D eigenvalue weighted by Crippen LogP contribution is 2.31. The van der Waals surface area contributed by atoms with Gasteiger partial charge in [-0.05, 0) is 48.0 Å². The lowest BCUT2D eigenvalue weighted by molar-refractivity contribution is -0.137. The first kappa shape index (κ1) is 18.4. The van der Waals surface area contributed by atoms with Gasteiger partial charge in [0.25, 0.3) is 5.91 Å². The minimum absolute atomic E-state index is 0.257. The lowest BCUT2D eigenvalue weighted by atomic mass is 10.2. The fourth-order valence-corrected chi connectivity index (χ4v) is 2.31. The van der Waals surface area contributed by atoms with Crippen LogP contribution in [0.1, 0.15) is 21.5 Å². The first-order chi connectivity index (χ1) is 12.9. The van der Waals surface area contributed by atoms with Crippen molar-refractivity contribution in [3.8, 4) is 0 Å². The molecule has 27 heavy (non-hydrogen) atoms. The minimum atomic E-state index is -4.41. The molecule has 0 unspecified atom stereocenters. The summed E-state index contributed by atoms with van der Waals surface area (Å²) in [6.07, 6.45) is 0.217. The second kappa shape index (κ2) is 7.86. The largest absolute Gasteiger partial charge is 0.416 e. The summed E-state index contributed by atoms with van der Waals surface area (Å²) in [5.41, 5.74) is 0.764. The van der Waals surface area contributed by atoms with Gasteiger partial charge in [-0.1, -0.05) is 6.07 Å². The van der Waals surface area contributed by atoms with Gasteiger partial charge in [0.15, 0.2) is 0 Å². The molecule has 2 heterocycles. The van der Waals surface area contributed by atoms with E-state index in [9.17, 15) is 18.0 Å². The highest BCUT2D eigenvalue weighted by molar-refractivity contribution is 5.94. The Morgan fingerprint density at radius 3 is 2.48 bits per heavy atom. The predicted molar refractivity (Wildman–Crippen MR) is 94.4 cm³/mol. The molecule has 3 rings (SSSR count). The van der Waals surface area contributed by atoms with E-state index in [0.717, 1.165) is 17.7 Å². The highest BCUT2D eigenvalue weighted by Gasteiger charge is 2.30. The second-order valence-corrected chi connectivity index (χ2v) is 5.67. The topological polar surface area (TPSA) is 66.9 Å². The van der Waals surface area contributed by atoms with Crippen LogP contribution < -0.4 is 10.6 Å². The van der Waals surface area contributed by atoms with Gasteiger partial charge in [0.2, 0.25) is 0 Å². The molecule has 0 aliphatic rings. The third-order valence-corrected chi connectivity index (χ3v) is 3.69. The van der Waals surface area contributed by atoms with E-state index in [4.69, 9.17) is 0 Å². The maximum absolute atomic E-state index is 12.8. The SMILES string of the molecule is O=C(NCc1ccncc1)c1ccc(Nc2cccc(C(F)(F)F)c2)nc1. The summed E-state index contributed by atoms with van der Waals surface area (Å²) in [5.74, 6) is 0.0324. The Kier molecular flexibility index (Phi) is 5.35. The zero-order valence-corrected chi connectivity index (χ0v) is 14.0. The van der Waals surface area contributed by atoms with E-state index in [2.05, 4.69) is 20.6 Å². The van der Waals surface area contributed by atoms with Crippen LogP contribution in [0.15, 0.2) is 67.1 Å². The zero-order valence-electron chi connectivity index (χ0n) is 14.0. The van der Waals surface area contributed by atoms with Crippen molar-refractivity contribution in [2.24, 2.45) is 0 Å². The van der Waals surface area contributed by atoms with Crippen LogP contribution in [0.2, 0.25) is 0 Å². The molecule has 1 aromatic carbocycles. The number of benzene rings is 1. The summed E-state index contributed by atoms with van der Waals surface area (Å²) in [6.45, 7) is 0.353. The van der Waals surface area contributed by atoms with Gasteiger partial charge in [-0.3, -0.25) is 9.78 Å². The first-order valence-corrected chi connectivity index (χ1v) is 7.99. The summed E-state index contributed by atoms with van der Waals surface area (Å²) in [4.78, 5) is 20.1. The zero-order chi connectivity index (χ0) is 19.3. The monoisotopic (exact) mass is 372 g/mol. The molecule has 3 aromatic rings. The number of nitrogens with one attached hydrogen (secondary N) is 2. The molecule has 0 saturated heterocycles. The number of carbonyl (C=O) groups is 1. The molecule has 0 saturated carbocycles. The molecule has 0 aliphatic heterocycles. The molecular formula is C19H15F3N4O. The number of aromatic nitrogens is 2. The summed E-state index contributed by atoms with van der Waals surface area (Å²) in [6, 6.07) is 11.5. The van der Waals surface area contributed by atoms with Crippen LogP contribution in [-0.2, 0) is 12.7 Å². The van der Waals surface area contributed by atoms with E-state index in [0.29, 0.717) is 17.9 Å². The van der Waals surface area contributed by atoms with Gasteiger partial charge in [-0.25, -0.2) is 4.98 Å². The molecule has 0 fully saturated rings. The Morgan fingerprint density at radius 1 is 1.04 bits per heavy atom. The lowest BCUT2D eigenvalue weighted by Crippen LogP contribution is -2.22. The van der Waals surface area contributed by atoms with Crippen LogP contribution in [0.5, 0.6) is 0 Å². The highest BCUT2D eigenvalue weighted by atomic mass is 19.4. The van der Waals surface area contributed by atoms with Crippen LogP contribution in [-0.4, -0.2) is 15.9 Å². The molecule has 0 atom stereocenters. The van der Waals surface area contributed by atoms with E-state index >= 15 is 0 Å². The number of pyridine rings is 2. The van der Waals surface area contributed by atoms with Crippen molar-refractivity contribution in [3.63, 3.8) is 0 Å². The molecule has 1 amide bonds. The summed E-state index contributed by atoms with van der Waals surface area (Å²) in [5, 5.41) is 5.55. The van der Waals surface area contributed by atoms with Crippen molar-refractivity contribution >= 4 is 17.4 Å². The Bertz CT molecular complexity index is 912. The van der Waals surface area contributed by atoms with Crippen molar-refractivity contribution in [2.45, 2.75) is 12.7 Å². The Hall–Kier alpha value is -3.42. The Morgan fingerprint density at radius 2 is 1.81 bits per heavy atom. The van der Waals surface area contributed by atoms with Gasteiger partial charge in [-0.2, -0.15) is 13.2 Å². The van der Waals surface area contributed by atoms with E-state index in [-0.39, 0.29) is 11.6 Å². The standard InChI is InChI=1S/C19H15F3N4O/c20-19(21,22)15-2-1-3-16(10-15)26-17-5-4-14(12-24-17)18(27)25-11-13-6-8-23-9-7-13/h1-10,12H,11H2,(H,24,26)(H,25,27). The molecule has 8 heteroatoms. The number of anilines is 2. The van der Waals surface area contributed by atoms with E-state index in [1.165, 1.54) is 24.4 Å². The van der Waals surface area contributed by atoms with E-state index in [1.807, 2.05) is 0 Å². The average Bonchev–Trinajstić information content (AvgIpc) is 2.67. The van der Waals surface area contributed by atoms with Crippen LogP contribution in [0.4, 0.5) is 24.7 Å². The number of halogens is 3. The van der Waals surface area contributed by atoms with Crippen molar-refractivity contribution in [1.82, 2.24) is 15.3 Å². The fourth-order valence-electron chi connectivity index (χ4n) is 2.31. The molecule has 0 bridgehead atoms. The molecule has 0 spiro atoms.